The Balaban J connectivity index is 1.96. The minimum absolute atomic E-state index is 0.140. The molecule has 0 aromatic carbocycles. The van der Waals surface area contributed by atoms with Gasteiger partial charge in [0.2, 0.25) is 12.2 Å². The van der Waals surface area contributed by atoms with Gasteiger partial charge in [0, 0.05) is 0 Å². The summed E-state index contributed by atoms with van der Waals surface area (Å²) in [4.78, 5) is 28.9. The quantitative estimate of drug-likeness (QED) is 0.577. The molecule has 0 aromatic heterocycles. The predicted octanol–water partition coefficient (Wildman–Crippen LogP) is 3.17. The minimum Gasteiger partial charge on any atom is -0.211 e. The second-order valence-electron chi connectivity index (χ2n) is 5.90. The minimum atomic E-state index is 0.140. The molecule has 0 amide bonds. The molecular weight excluding hydrogens is 240 g/mol. The Kier molecular flexibility index (Phi) is 5.50. The molecule has 0 spiro atoms. The first-order valence-electron chi connectivity index (χ1n) is 7.49. The van der Waals surface area contributed by atoms with Crippen LogP contribution in [0.5, 0.6) is 0 Å². The van der Waals surface area contributed by atoms with Gasteiger partial charge in [0.15, 0.2) is 0 Å². The van der Waals surface area contributed by atoms with E-state index in [1.807, 2.05) is 0 Å². The molecule has 19 heavy (non-hydrogen) atoms. The van der Waals surface area contributed by atoms with Gasteiger partial charge in [-0.3, -0.25) is 0 Å². The smallest absolute Gasteiger partial charge is 0.211 e. The second kappa shape index (κ2) is 7.37. The van der Waals surface area contributed by atoms with Crippen molar-refractivity contribution in [2.45, 2.75) is 69.9 Å². The van der Waals surface area contributed by atoms with Crippen LogP contribution >= 0.6 is 0 Å². The molecule has 0 saturated heterocycles. The zero-order valence-electron chi connectivity index (χ0n) is 11.4. The Labute approximate surface area is 114 Å². The van der Waals surface area contributed by atoms with Gasteiger partial charge in [0.25, 0.3) is 0 Å². The Hall–Kier alpha value is -1.24. The van der Waals surface area contributed by atoms with Crippen LogP contribution in [0.25, 0.3) is 0 Å². The van der Waals surface area contributed by atoms with Crippen LogP contribution in [0.4, 0.5) is 0 Å². The van der Waals surface area contributed by atoms with Crippen LogP contribution in [0.2, 0.25) is 0 Å². The molecule has 1 atom stereocenters. The summed E-state index contributed by atoms with van der Waals surface area (Å²) < 4.78 is 0. The van der Waals surface area contributed by atoms with Crippen molar-refractivity contribution in [3.63, 3.8) is 0 Å². The first kappa shape index (κ1) is 14.2. The van der Waals surface area contributed by atoms with E-state index in [1.54, 1.807) is 12.2 Å². The highest BCUT2D eigenvalue weighted by molar-refractivity contribution is 5.34. The SMILES string of the molecule is O=C=NC1CCC(C(N=C=O)C2CCCCC2)CC1. The Morgan fingerprint density at radius 2 is 1.42 bits per heavy atom. The zero-order chi connectivity index (χ0) is 13.5. The highest BCUT2D eigenvalue weighted by Crippen LogP contribution is 2.37. The maximum Gasteiger partial charge on any atom is 0.235 e. The lowest BCUT2D eigenvalue weighted by atomic mass is 9.73. The lowest BCUT2D eigenvalue weighted by Gasteiger charge is -2.35. The van der Waals surface area contributed by atoms with Crippen molar-refractivity contribution < 1.29 is 9.59 Å². The summed E-state index contributed by atoms with van der Waals surface area (Å²) >= 11 is 0. The van der Waals surface area contributed by atoms with Crippen molar-refractivity contribution >= 4 is 12.2 Å². The van der Waals surface area contributed by atoms with Crippen molar-refractivity contribution in [3.8, 4) is 0 Å². The van der Waals surface area contributed by atoms with E-state index >= 15 is 0 Å². The molecule has 2 aliphatic rings. The molecule has 2 fully saturated rings. The van der Waals surface area contributed by atoms with Crippen LogP contribution in [-0.4, -0.2) is 24.2 Å². The van der Waals surface area contributed by atoms with E-state index in [0.717, 1.165) is 25.7 Å². The van der Waals surface area contributed by atoms with E-state index in [0.29, 0.717) is 11.8 Å². The van der Waals surface area contributed by atoms with Crippen molar-refractivity contribution in [3.05, 3.63) is 0 Å². The van der Waals surface area contributed by atoms with Gasteiger partial charge < -0.3 is 0 Å². The van der Waals surface area contributed by atoms with Gasteiger partial charge in [-0.1, -0.05) is 19.3 Å². The summed E-state index contributed by atoms with van der Waals surface area (Å²) in [6, 6.07) is 0.292. The summed E-state index contributed by atoms with van der Waals surface area (Å²) in [5, 5.41) is 0. The number of rotatable bonds is 4. The lowest BCUT2D eigenvalue weighted by Crippen LogP contribution is -2.32. The van der Waals surface area contributed by atoms with Crippen molar-refractivity contribution in [2.24, 2.45) is 21.8 Å². The van der Waals surface area contributed by atoms with E-state index in [1.165, 1.54) is 32.1 Å². The third kappa shape index (κ3) is 3.86. The van der Waals surface area contributed by atoms with Gasteiger partial charge >= 0.3 is 0 Å². The molecule has 4 heteroatoms. The standard InChI is InChI=1S/C15H22N2O2/c18-10-16-14-8-6-13(7-9-14)15(17-11-19)12-4-2-1-3-5-12/h12-15H,1-9H2. The number of isocyanates is 2. The third-order valence-corrected chi connectivity index (χ3v) is 4.79. The van der Waals surface area contributed by atoms with Gasteiger partial charge in [-0.15, -0.1) is 0 Å². The molecule has 104 valence electrons. The highest BCUT2D eigenvalue weighted by atomic mass is 16.1. The Bertz CT molecular complexity index is 370. The number of aliphatic imine (C=N–C) groups is 2. The Morgan fingerprint density at radius 1 is 0.789 bits per heavy atom. The summed E-state index contributed by atoms with van der Waals surface area (Å²) in [5.74, 6) is 1.04. The maximum absolute atomic E-state index is 10.7. The van der Waals surface area contributed by atoms with Crippen molar-refractivity contribution in [2.75, 3.05) is 0 Å². The molecule has 0 radical (unpaired) electrons. The molecular formula is C15H22N2O2. The predicted molar refractivity (Wildman–Crippen MR) is 72.4 cm³/mol. The first-order chi connectivity index (χ1) is 9.35. The lowest BCUT2D eigenvalue weighted by molar-refractivity contribution is 0.198. The van der Waals surface area contributed by atoms with E-state index in [-0.39, 0.29) is 12.1 Å². The second-order valence-corrected chi connectivity index (χ2v) is 5.90. The fourth-order valence-electron chi connectivity index (χ4n) is 3.78. The van der Waals surface area contributed by atoms with Crippen LogP contribution in [-0.2, 0) is 9.59 Å². The van der Waals surface area contributed by atoms with Gasteiger partial charge in [-0.05, 0) is 50.4 Å². The van der Waals surface area contributed by atoms with Crippen LogP contribution in [0.1, 0.15) is 57.8 Å². The van der Waals surface area contributed by atoms with E-state index in [9.17, 15) is 9.59 Å². The van der Waals surface area contributed by atoms with Gasteiger partial charge in [-0.25, -0.2) is 19.6 Å². The fourth-order valence-corrected chi connectivity index (χ4v) is 3.78. The molecule has 0 N–H and O–H groups in total. The first-order valence-corrected chi connectivity index (χ1v) is 7.49. The molecule has 0 bridgehead atoms. The van der Waals surface area contributed by atoms with E-state index in [4.69, 9.17) is 0 Å². The summed E-state index contributed by atoms with van der Waals surface area (Å²) in [5.41, 5.74) is 0. The average Bonchev–Trinajstić information content (AvgIpc) is 2.47. The average molecular weight is 262 g/mol. The Morgan fingerprint density at radius 3 is 2.00 bits per heavy atom. The van der Waals surface area contributed by atoms with Crippen LogP contribution in [0.15, 0.2) is 9.98 Å². The van der Waals surface area contributed by atoms with Gasteiger partial charge in [0.1, 0.15) is 0 Å². The molecule has 2 rings (SSSR count). The number of hydrogen-bond donors (Lipinski definition) is 0. The summed E-state index contributed by atoms with van der Waals surface area (Å²) in [7, 11) is 0. The summed E-state index contributed by atoms with van der Waals surface area (Å²) in [6.07, 6.45) is 13.6. The number of carbonyl (C=O) groups excluding carboxylic acids is 2. The van der Waals surface area contributed by atoms with Crippen molar-refractivity contribution in [1.82, 2.24) is 0 Å². The van der Waals surface area contributed by atoms with E-state index < -0.39 is 0 Å². The number of hydrogen-bond acceptors (Lipinski definition) is 4. The molecule has 4 nitrogen and oxygen atoms in total. The van der Waals surface area contributed by atoms with Gasteiger partial charge in [0.05, 0.1) is 12.1 Å². The largest absolute Gasteiger partial charge is 0.235 e. The van der Waals surface area contributed by atoms with E-state index in [2.05, 4.69) is 9.98 Å². The molecule has 0 aromatic rings. The molecule has 0 aliphatic heterocycles. The van der Waals surface area contributed by atoms with Gasteiger partial charge in [-0.2, -0.15) is 0 Å². The molecule has 0 heterocycles. The third-order valence-electron chi connectivity index (χ3n) is 4.79. The number of nitrogens with zero attached hydrogens (tertiary/aromatic N) is 2. The van der Waals surface area contributed by atoms with Crippen LogP contribution in [0, 0.1) is 11.8 Å². The molecule has 1 unspecified atom stereocenters. The zero-order valence-corrected chi connectivity index (χ0v) is 11.4. The highest BCUT2D eigenvalue weighted by Gasteiger charge is 2.33. The van der Waals surface area contributed by atoms with Crippen LogP contribution < -0.4 is 0 Å². The normalized spacial score (nSPS) is 29.9. The van der Waals surface area contributed by atoms with Crippen molar-refractivity contribution in [1.29, 1.82) is 0 Å². The molecule has 2 saturated carbocycles. The molecule has 2 aliphatic carbocycles. The maximum atomic E-state index is 10.7. The summed E-state index contributed by atoms with van der Waals surface area (Å²) in [6.45, 7) is 0. The topological polar surface area (TPSA) is 58.9 Å². The monoisotopic (exact) mass is 262 g/mol. The van der Waals surface area contributed by atoms with Crippen LogP contribution in [0.3, 0.4) is 0 Å². The fraction of sp³-hybridized carbons (Fsp3) is 0.867.